The minimum absolute atomic E-state index is 0.809. The number of rotatable bonds is 3. The van der Waals surface area contributed by atoms with E-state index < -0.39 is 27.6 Å². The van der Waals surface area contributed by atoms with Gasteiger partial charge in [-0.15, -0.1) is 0 Å². The number of alkyl halides is 2. The summed E-state index contributed by atoms with van der Waals surface area (Å²) in [6.45, 7) is 0. The van der Waals surface area contributed by atoms with Crippen molar-refractivity contribution in [3.63, 3.8) is 0 Å². The zero-order valence-corrected chi connectivity index (χ0v) is 9.33. The fraction of sp³-hybridized carbons (Fsp3) is 0.400. The fourth-order valence-corrected chi connectivity index (χ4v) is 1.03. The van der Waals surface area contributed by atoms with E-state index in [9.17, 15) is 14.4 Å². The second-order valence-corrected chi connectivity index (χ2v) is 3.97. The molecule has 0 aromatic heterocycles. The zero-order chi connectivity index (χ0) is 10.6. The van der Waals surface area contributed by atoms with Crippen LogP contribution in [0.2, 0.25) is 0 Å². The van der Waals surface area contributed by atoms with Crippen LogP contribution in [0.3, 0.4) is 0 Å². The summed E-state index contributed by atoms with van der Waals surface area (Å²) in [5.74, 6) is -2.03. The first-order chi connectivity index (χ1) is 5.86. The third kappa shape index (κ3) is 4.23. The summed E-state index contributed by atoms with van der Waals surface area (Å²) in [6, 6.07) is -1.03. The number of nitrogens with one attached hydrogen (secondary N) is 1. The molecule has 0 aromatic rings. The average Bonchev–Trinajstić information content (AvgIpc) is 2.00. The first-order valence-electron chi connectivity index (χ1n) is 2.97. The van der Waals surface area contributed by atoms with Crippen LogP contribution in [0.4, 0.5) is 4.79 Å². The van der Waals surface area contributed by atoms with Crippen molar-refractivity contribution in [2.45, 2.75) is 9.65 Å². The second-order valence-electron chi connectivity index (χ2n) is 2.00. The van der Waals surface area contributed by atoms with Crippen LogP contribution >= 0.6 is 31.9 Å². The Kier molecular flexibility index (Phi) is 4.92. The quantitative estimate of drug-likeness (QED) is 0.626. The molecule has 0 saturated heterocycles. The molecule has 0 aliphatic heterocycles. The fourth-order valence-electron chi connectivity index (χ4n) is 0.448. The average molecular weight is 318 g/mol. The maximum Gasteiger partial charge on any atom is 0.318 e. The van der Waals surface area contributed by atoms with Gasteiger partial charge in [-0.25, -0.2) is 4.79 Å². The van der Waals surface area contributed by atoms with E-state index in [0.717, 1.165) is 0 Å². The van der Waals surface area contributed by atoms with Crippen LogP contribution in [0, 0.1) is 0 Å². The maximum absolute atomic E-state index is 10.9. The highest BCUT2D eigenvalue weighted by molar-refractivity contribution is 9.12. The summed E-state index contributed by atoms with van der Waals surface area (Å²) in [5.41, 5.74) is 4.65. The minimum atomic E-state index is -1.22. The number of amides is 3. The van der Waals surface area contributed by atoms with Gasteiger partial charge in [-0.05, 0) is 0 Å². The van der Waals surface area contributed by atoms with Crippen LogP contribution in [-0.2, 0) is 9.59 Å². The summed E-state index contributed by atoms with van der Waals surface area (Å²) in [6.07, 6.45) is 0. The lowest BCUT2D eigenvalue weighted by molar-refractivity contribution is -0.137. The highest BCUT2D eigenvalue weighted by Gasteiger charge is 2.29. The molecule has 0 fully saturated rings. The first-order valence-corrected chi connectivity index (χ1v) is 4.80. The highest BCUT2D eigenvalue weighted by atomic mass is 79.9. The van der Waals surface area contributed by atoms with E-state index >= 15 is 0 Å². The van der Waals surface area contributed by atoms with E-state index in [1.54, 1.807) is 5.32 Å². The van der Waals surface area contributed by atoms with Crippen molar-refractivity contribution >= 4 is 49.8 Å². The molecule has 74 valence electrons. The number of carboxylic acids is 1. The predicted molar refractivity (Wildman–Crippen MR) is 50.8 cm³/mol. The van der Waals surface area contributed by atoms with Gasteiger partial charge in [0.2, 0.25) is 5.91 Å². The Labute approximate surface area is 90.1 Å². The van der Waals surface area contributed by atoms with Crippen molar-refractivity contribution in [2.24, 2.45) is 5.73 Å². The standard InChI is InChI=1S/C5H6Br2N2O4/c6-1(2(7)4(11)12)3(10)9-5(8)13/h1-2H,(H,11,12)(H3,8,9,10,13). The van der Waals surface area contributed by atoms with E-state index in [1.807, 2.05) is 0 Å². The molecule has 0 heterocycles. The van der Waals surface area contributed by atoms with Crippen LogP contribution in [0.15, 0.2) is 0 Å². The van der Waals surface area contributed by atoms with Gasteiger partial charge in [0.05, 0.1) is 0 Å². The number of carbonyl (C=O) groups excluding carboxylic acids is 2. The minimum Gasteiger partial charge on any atom is -0.480 e. The number of carbonyl (C=O) groups is 3. The van der Waals surface area contributed by atoms with Gasteiger partial charge in [-0.2, -0.15) is 0 Å². The number of nitrogens with two attached hydrogens (primary N) is 1. The van der Waals surface area contributed by atoms with Crippen molar-refractivity contribution in [3.05, 3.63) is 0 Å². The third-order valence-electron chi connectivity index (χ3n) is 0.990. The topological polar surface area (TPSA) is 109 Å². The van der Waals surface area contributed by atoms with Crippen LogP contribution in [-0.4, -0.2) is 32.7 Å². The van der Waals surface area contributed by atoms with E-state index in [4.69, 9.17) is 5.11 Å². The lowest BCUT2D eigenvalue weighted by Gasteiger charge is -2.10. The van der Waals surface area contributed by atoms with Crippen molar-refractivity contribution in [2.75, 3.05) is 0 Å². The van der Waals surface area contributed by atoms with Crippen molar-refractivity contribution in [1.82, 2.24) is 5.32 Å². The van der Waals surface area contributed by atoms with Gasteiger partial charge >= 0.3 is 12.0 Å². The molecule has 13 heavy (non-hydrogen) atoms. The summed E-state index contributed by atoms with van der Waals surface area (Å²) in [5, 5.41) is 10.2. The smallest absolute Gasteiger partial charge is 0.318 e. The molecule has 0 radical (unpaired) electrons. The van der Waals surface area contributed by atoms with Crippen molar-refractivity contribution < 1.29 is 19.5 Å². The number of imide groups is 1. The molecular formula is C5H6Br2N2O4. The molecule has 0 rings (SSSR count). The van der Waals surface area contributed by atoms with Gasteiger partial charge in [0, 0.05) is 0 Å². The molecule has 0 spiro atoms. The zero-order valence-electron chi connectivity index (χ0n) is 6.16. The highest BCUT2D eigenvalue weighted by Crippen LogP contribution is 2.14. The number of aliphatic carboxylic acids is 1. The van der Waals surface area contributed by atoms with Gasteiger partial charge < -0.3 is 10.8 Å². The number of hydrogen-bond acceptors (Lipinski definition) is 3. The molecule has 8 heteroatoms. The third-order valence-corrected chi connectivity index (χ3v) is 3.56. The molecule has 0 aromatic carbocycles. The van der Waals surface area contributed by atoms with Crippen LogP contribution in [0.1, 0.15) is 0 Å². The Morgan fingerprint density at radius 1 is 1.23 bits per heavy atom. The summed E-state index contributed by atoms with van der Waals surface area (Å²) < 4.78 is 0. The number of carboxylic acid groups (broad SMARTS) is 1. The molecule has 2 unspecified atom stereocenters. The van der Waals surface area contributed by atoms with Crippen LogP contribution < -0.4 is 11.1 Å². The molecule has 0 aliphatic carbocycles. The van der Waals surface area contributed by atoms with Crippen LogP contribution in [0.5, 0.6) is 0 Å². The molecular weight excluding hydrogens is 312 g/mol. The van der Waals surface area contributed by atoms with E-state index in [-0.39, 0.29) is 0 Å². The molecule has 0 bridgehead atoms. The van der Waals surface area contributed by atoms with Gasteiger partial charge in [0.1, 0.15) is 9.65 Å². The van der Waals surface area contributed by atoms with Gasteiger partial charge in [-0.3, -0.25) is 14.9 Å². The van der Waals surface area contributed by atoms with Gasteiger partial charge in [-0.1, -0.05) is 31.9 Å². The summed E-state index contributed by atoms with van der Waals surface area (Å²) >= 11 is 5.53. The molecule has 4 N–H and O–H groups in total. The lowest BCUT2D eigenvalue weighted by atomic mass is 10.3. The molecule has 6 nitrogen and oxygen atoms in total. The number of urea groups is 1. The summed E-state index contributed by atoms with van der Waals surface area (Å²) in [7, 11) is 0. The molecule has 2 atom stereocenters. The normalized spacial score (nSPS) is 14.3. The van der Waals surface area contributed by atoms with E-state index in [0.29, 0.717) is 0 Å². The first kappa shape index (κ1) is 12.4. The second kappa shape index (κ2) is 5.18. The van der Waals surface area contributed by atoms with Crippen molar-refractivity contribution in [1.29, 1.82) is 0 Å². The molecule has 3 amide bonds. The van der Waals surface area contributed by atoms with E-state index in [2.05, 4.69) is 37.6 Å². The SMILES string of the molecule is NC(=O)NC(=O)C(Br)C(Br)C(=O)O. The Morgan fingerprint density at radius 2 is 1.69 bits per heavy atom. The maximum atomic E-state index is 10.9. The lowest BCUT2D eigenvalue weighted by Crippen LogP contribution is -2.44. The largest absolute Gasteiger partial charge is 0.480 e. The number of halogens is 2. The monoisotopic (exact) mass is 316 g/mol. The molecule has 0 aliphatic rings. The summed E-state index contributed by atoms with van der Waals surface area (Å²) in [4.78, 5) is 29.3. The Morgan fingerprint density at radius 3 is 2.00 bits per heavy atom. The number of hydrogen-bond donors (Lipinski definition) is 3. The Balaban J connectivity index is 4.25. The van der Waals surface area contributed by atoms with Gasteiger partial charge in [0.25, 0.3) is 0 Å². The molecule has 0 saturated carbocycles. The number of primary amides is 1. The predicted octanol–water partition coefficient (Wildman–Crippen LogP) is -0.207. The van der Waals surface area contributed by atoms with Crippen molar-refractivity contribution in [3.8, 4) is 0 Å². The van der Waals surface area contributed by atoms with Crippen LogP contribution in [0.25, 0.3) is 0 Å². The van der Waals surface area contributed by atoms with E-state index in [1.165, 1.54) is 0 Å². The Hall–Kier alpha value is -0.630. The Bertz CT molecular complexity index is 245. The van der Waals surface area contributed by atoms with Gasteiger partial charge in [0.15, 0.2) is 0 Å².